The van der Waals surface area contributed by atoms with Crippen molar-refractivity contribution in [2.24, 2.45) is 17.8 Å². The summed E-state index contributed by atoms with van der Waals surface area (Å²) in [4.78, 5) is 13.2. The Labute approximate surface area is 143 Å². The van der Waals surface area contributed by atoms with Gasteiger partial charge in [0.1, 0.15) is 6.10 Å². The first-order valence-electron chi connectivity index (χ1n) is 8.03. The molecule has 0 radical (unpaired) electrons. The standard InChI is InChI=1S/C18H25ClO2S/c1-12(2)16-9-4-13(3)10-17(16)21-18(20)11-22-15-7-5-14(19)6-8-15/h5-8,12-13,16-17H,4,9-11H2,1-3H3/t13-,16+,17+/m0/s1. The second-order valence-electron chi connectivity index (χ2n) is 6.60. The van der Waals surface area contributed by atoms with Gasteiger partial charge in [0.15, 0.2) is 0 Å². The molecule has 2 nitrogen and oxygen atoms in total. The van der Waals surface area contributed by atoms with Crippen LogP contribution in [0.15, 0.2) is 29.2 Å². The lowest BCUT2D eigenvalue weighted by Gasteiger charge is -2.36. The van der Waals surface area contributed by atoms with Crippen molar-refractivity contribution in [3.8, 4) is 0 Å². The van der Waals surface area contributed by atoms with Crippen molar-refractivity contribution in [1.29, 1.82) is 0 Å². The lowest BCUT2D eigenvalue weighted by Crippen LogP contribution is -2.36. The maximum atomic E-state index is 12.2. The third kappa shape index (κ3) is 5.20. The zero-order valence-corrected chi connectivity index (χ0v) is 15.1. The van der Waals surface area contributed by atoms with Crippen LogP contribution in [-0.2, 0) is 9.53 Å². The fraction of sp³-hybridized carbons (Fsp3) is 0.611. The van der Waals surface area contributed by atoms with Crippen LogP contribution in [0, 0.1) is 17.8 Å². The summed E-state index contributed by atoms with van der Waals surface area (Å²) in [5, 5.41) is 0.711. The third-order valence-electron chi connectivity index (χ3n) is 4.41. The van der Waals surface area contributed by atoms with E-state index in [0.29, 0.717) is 28.5 Å². The SMILES string of the molecule is CC(C)[C@H]1CC[C@H](C)C[C@H]1OC(=O)CSc1ccc(Cl)cc1. The van der Waals surface area contributed by atoms with Crippen LogP contribution in [0.2, 0.25) is 5.02 Å². The van der Waals surface area contributed by atoms with E-state index in [4.69, 9.17) is 16.3 Å². The van der Waals surface area contributed by atoms with E-state index >= 15 is 0 Å². The van der Waals surface area contributed by atoms with Crippen LogP contribution in [-0.4, -0.2) is 17.8 Å². The van der Waals surface area contributed by atoms with E-state index in [1.54, 1.807) is 0 Å². The highest BCUT2D eigenvalue weighted by Gasteiger charge is 2.33. The summed E-state index contributed by atoms with van der Waals surface area (Å²) in [5.41, 5.74) is 0. The molecule has 0 aromatic heterocycles. The van der Waals surface area contributed by atoms with Gasteiger partial charge in [-0.1, -0.05) is 38.8 Å². The summed E-state index contributed by atoms with van der Waals surface area (Å²) in [6.45, 7) is 6.70. The molecule has 22 heavy (non-hydrogen) atoms. The first-order chi connectivity index (χ1) is 10.5. The molecule has 1 aliphatic carbocycles. The summed E-state index contributed by atoms with van der Waals surface area (Å²) in [6.07, 6.45) is 3.50. The maximum Gasteiger partial charge on any atom is 0.316 e. The van der Waals surface area contributed by atoms with Crippen molar-refractivity contribution in [3.05, 3.63) is 29.3 Å². The van der Waals surface area contributed by atoms with Crippen LogP contribution in [0.4, 0.5) is 0 Å². The third-order valence-corrected chi connectivity index (χ3v) is 5.65. The lowest BCUT2D eigenvalue weighted by atomic mass is 9.75. The first kappa shape index (κ1) is 17.7. The number of thioether (sulfide) groups is 1. The molecule has 1 fully saturated rings. The van der Waals surface area contributed by atoms with Crippen molar-refractivity contribution in [2.45, 2.75) is 51.0 Å². The molecule has 1 aliphatic rings. The van der Waals surface area contributed by atoms with Gasteiger partial charge >= 0.3 is 5.97 Å². The van der Waals surface area contributed by atoms with Gasteiger partial charge < -0.3 is 4.74 Å². The molecule has 2 rings (SSSR count). The Morgan fingerprint density at radius 3 is 2.64 bits per heavy atom. The average Bonchev–Trinajstić information content (AvgIpc) is 2.46. The predicted molar refractivity (Wildman–Crippen MR) is 93.4 cm³/mol. The van der Waals surface area contributed by atoms with Gasteiger partial charge in [0, 0.05) is 9.92 Å². The molecule has 0 bridgehead atoms. The van der Waals surface area contributed by atoms with E-state index in [0.717, 1.165) is 11.3 Å². The zero-order valence-electron chi connectivity index (χ0n) is 13.5. The highest BCUT2D eigenvalue weighted by atomic mass is 35.5. The van der Waals surface area contributed by atoms with Crippen LogP contribution in [0.1, 0.15) is 40.0 Å². The number of halogens is 1. The topological polar surface area (TPSA) is 26.3 Å². The van der Waals surface area contributed by atoms with Gasteiger partial charge in [0.05, 0.1) is 5.75 Å². The Bertz CT molecular complexity index is 486. The van der Waals surface area contributed by atoms with E-state index < -0.39 is 0 Å². The molecule has 4 heteroatoms. The lowest BCUT2D eigenvalue weighted by molar-refractivity contribution is -0.152. The van der Waals surface area contributed by atoms with Crippen molar-refractivity contribution < 1.29 is 9.53 Å². The quantitative estimate of drug-likeness (QED) is 0.527. The minimum Gasteiger partial charge on any atom is -0.461 e. The monoisotopic (exact) mass is 340 g/mol. The summed E-state index contributed by atoms with van der Waals surface area (Å²) in [6, 6.07) is 7.54. The van der Waals surface area contributed by atoms with E-state index in [1.807, 2.05) is 24.3 Å². The first-order valence-corrected chi connectivity index (χ1v) is 9.40. The number of carbonyl (C=O) groups is 1. The molecule has 0 amide bonds. The summed E-state index contributed by atoms with van der Waals surface area (Å²) in [7, 11) is 0. The van der Waals surface area contributed by atoms with Gasteiger partial charge in [-0.25, -0.2) is 0 Å². The average molecular weight is 341 g/mol. The highest BCUT2D eigenvalue weighted by Crippen LogP contribution is 2.35. The fourth-order valence-electron chi connectivity index (χ4n) is 3.13. The van der Waals surface area contributed by atoms with Gasteiger partial charge in [0.25, 0.3) is 0 Å². The molecule has 1 saturated carbocycles. The van der Waals surface area contributed by atoms with Crippen molar-refractivity contribution >= 4 is 29.3 Å². The number of ether oxygens (including phenoxy) is 1. The molecular weight excluding hydrogens is 316 g/mol. The smallest absolute Gasteiger partial charge is 0.316 e. The molecular formula is C18H25ClO2S. The predicted octanol–water partition coefficient (Wildman–Crippen LogP) is 5.44. The normalized spacial score (nSPS) is 25.2. The van der Waals surface area contributed by atoms with Crippen LogP contribution in [0.5, 0.6) is 0 Å². The Balaban J connectivity index is 1.85. The molecule has 1 aromatic carbocycles. The van der Waals surface area contributed by atoms with Gasteiger partial charge in [-0.2, -0.15) is 0 Å². The number of benzene rings is 1. The Hall–Kier alpha value is -0.670. The van der Waals surface area contributed by atoms with E-state index in [9.17, 15) is 4.79 Å². The molecule has 0 spiro atoms. The molecule has 0 unspecified atom stereocenters. The van der Waals surface area contributed by atoms with Crippen molar-refractivity contribution in [1.82, 2.24) is 0 Å². The Morgan fingerprint density at radius 1 is 1.32 bits per heavy atom. The van der Waals surface area contributed by atoms with E-state index in [-0.39, 0.29) is 12.1 Å². The molecule has 0 saturated heterocycles. The minimum atomic E-state index is -0.107. The van der Waals surface area contributed by atoms with Gasteiger partial charge in [-0.05, 0) is 54.9 Å². The number of hydrogen-bond acceptors (Lipinski definition) is 3. The number of esters is 1. The van der Waals surface area contributed by atoms with Crippen LogP contribution < -0.4 is 0 Å². The number of rotatable bonds is 5. The Kier molecular flexibility index (Phi) is 6.64. The van der Waals surface area contributed by atoms with Crippen LogP contribution in [0.25, 0.3) is 0 Å². The molecule has 1 aromatic rings. The highest BCUT2D eigenvalue weighted by molar-refractivity contribution is 8.00. The maximum absolute atomic E-state index is 12.2. The summed E-state index contributed by atoms with van der Waals surface area (Å²) in [5.74, 6) is 1.97. The molecule has 3 atom stereocenters. The molecule has 0 aliphatic heterocycles. The molecule has 0 N–H and O–H groups in total. The van der Waals surface area contributed by atoms with Crippen LogP contribution >= 0.6 is 23.4 Å². The van der Waals surface area contributed by atoms with Gasteiger partial charge in [-0.15, -0.1) is 11.8 Å². The molecule has 0 heterocycles. The van der Waals surface area contributed by atoms with Gasteiger partial charge in [0.2, 0.25) is 0 Å². The second-order valence-corrected chi connectivity index (χ2v) is 8.08. The molecule has 122 valence electrons. The number of hydrogen-bond donors (Lipinski definition) is 0. The van der Waals surface area contributed by atoms with Crippen molar-refractivity contribution in [2.75, 3.05) is 5.75 Å². The van der Waals surface area contributed by atoms with E-state index in [2.05, 4.69) is 20.8 Å². The van der Waals surface area contributed by atoms with Crippen LogP contribution in [0.3, 0.4) is 0 Å². The number of carbonyl (C=O) groups excluding carboxylic acids is 1. The van der Waals surface area contributed by atoms with Gasteiger partial charge in [-0.3, -0.25) is 4.79 Å². The van der Waals surface area contributed by atoms with Crippen molar-refractivity contribution in [3.63, 3.8) is 0 Å². The largest absolute Gasteiger partial charge is 0.461 e. The fourth-order valence-corrected chi connectivity index (χ4v) is 3.93. The second kappa shape index (κ2) is 8.26. The zero-order chi connectivity index (χ0) is 16.1. The van der Waals surface area contributed by atoms with E-state index in [1.165, 1.54) is 24.6 Å². The summed E-state index contributed by atoms with van der Waals surface area (Å²) < 4.78 is 5.80. The summed E-state index contributed by atoms with van der Waals surface area (Å²) >= 11 is 7.36. The minimum absolute atomic E-state index is 0.0852. The Morgan fingerprint density at radius 2 is 2.00 bits per heavy atom.